The van der Waals surface area contributed by atoms with Crippen LogP contribution < -0.4 is 20.1 Å². The number of methoxy groups -OCH3 is 2. The molecule has 1 aromatic heterocycles. The Bertz CT molecular complexity index is 1440. The summed E-state index contributed by atoms with van der Waals surface area (Å²) >= 11 is 7.47. The Morgan fingerprint density at radius 2 is 1.71 bits per heavy atom. The molecular weight excluding hydrogens is 526 g/mol. The second-order valence-corrected chi connectivity index (χ2v) is 9.58. The lowest BCUT2D eigenvalue weighted by atomic mass is 10.2. The monoisotopic (exact) mass is 551 g/mol. The van der Waals surface area contributed by atoms with Crippen LogP contribution in [0.4, 0.5) is 5.69 Å². The van der Waals surface area contributed by atoms with Crippen LogP contribution in [0.5, 0.6) is 11.5 Å². The lowest BCUT2D eigenvalue weighted by molar-refractivity contribution is -0.113. The highest BCUT2D eigenvalue weighted by atomic mass is 35.5. The van der Waals surface area contributed by atoms with Crippen LogP contribution in [0.1, 0.15) is 21.7 Å². The molecule has 0 bridgehead atoms. The number of hydrogen-bond acceptors (Lipinski definition) is 7. The number of benzene rings is 3. The summed E-state index contributed by atoms with van der Waals surface area (Å²) in [7, 11) is 3.04. The predicted octanol–water partition coefficient (Wildman–Crippen LogP) is 4.91. The maximum atomic E-state index is 12.9. The van der Waals surface area contributed by atoms with E-state index in [-0.39, 0.29) is 24.1 Å². The van der Waals surface area contributed by atoms with Gasteiger partial charge in [-0.3, -0.25) is 14.2 Å². The summed E-state index contributed by atoms with van der Waals surface area (Å²) in [5, 5.41) is 15.3. The summed E-state index contributed by atoms with van der Waals surface area (Å²) in [6, 6.07) is 19.7. The van der Waals surface area contributed by atoms with Crippen molar-refractivity contribution in [1.82, 2.24) is 20.1 Å². The minimum absolute atomic E-state index is 0.0773. The third-order valence-corrected chi connectivity index (χ3v) is 6.59. The molecule has 1 heterocycles. The second-order valence-electron chi connectivity index (χ2n) is 8.20. The first-order chi connectivity index (χ1) is 18.4. The lowest BCUT2D eigenvalue weighted by Crippen LogP contribution is -2.24. The van der Waals surface area contributed by atoms with E-state index in [4.69, 9.17) is 21.1 Å². The van der Waals surface area contributed by atoms with Crippen molar-refractivity contribution in [3.05, 3.63) is 88.7 Å². The van der Waals surface area contributed by atoms with Crippen LogP contribution in [0.2, 0.25) is 5.02 Å². The van der Waals surface area contributed by atoms with Crippen molar-refractivity contribution < 1.29 is 19.1 Å². The molecular formula is C27H26ClN5O4S. The van der Waals surface area contributed by atoms with Gasteiger partial charge in [0.25, 0.3) is 5.91 Å². The van der Waals surface area contributed by atoms with E-state index in [1.165, 1.54) is 26.0 Å². The van der Waals surface area contributed by atoms with E-state index in [9.17, 15) is 9.59 Å². The van der Waals surface area contributed by atoms with Crippen molar-refractivity contribution in [2.24, 2.45) is 0 Å². The van der Waals surface area contributed by atoms with Crippen LogP contribution in [0.25, 0.3) is 5.69 Å². The normalized spacial score (nSPS) is 10.6. The first-order valence-electron chi connectivity index (χ1n) is 11.6. The van der Waals surface area contributed by atoms with Crippen LogP contribution in [0.3, 0.4) is 0 Å². The maximum absolute atomic E-state index is 12.9. The summed E-state index contributed by atoms with van der Waals surface area (Å²) in [5.41, 5.74) is 2.86. The summed E-state index contributed by atoms with van der Waals surface area (Å²) in [6.45, 7) is 2.04. The SMILES string of the molecule is COc1cc(OC)cc(C(=O)NCc2nnc(SCC(=O)Nc3cccc(C)c3)n2-c2cccc(Cl)c2)c1. The van der Waals surface area contributed by atoms with Crippen LogP contribution in [0.15, 0.2) is 71.9 Å². The van der Waals surface area contributed by atoms with E-state index < -0.39 is 0 Å². The maximum Gasteiger partial charge on any atom is 0.251 e. The highest BCUT2D eigenvalue weighted by Crippen LogP contribution is 2.25. The molecule has 0 fully saturated rings. The fourth-order valence-electron chi connectivity index (χ4n) is 3.63. The molecule has 0 unspecified atom stereocenters. The van der Waals surface area contributed by atoms with E-state index in [1.807, 2.05) is 37.3 Å². The molecule has 9 nitrogen and oxygen atoms in total. The van der Waals surface area contributed by atoms with E-state index in [1.54, 1.807) is 41.0 Å². The fourth-order valence-corrected chi connectivity index (χ4v) is 4.59. The standard InChI is InChI=1S/C27H26ClN5O4S/c1-17-6-4-8-20(10-17)30-25(34)16-38-27-32-31-24(33(27)21-9-5-7-19(28)13-21)15-29-26(35)18-11-22(36-2)14-23(12-18)37-3/h4-14H,15-16H2,1-3H3,(H,29,35)(H,30,34). The van der Waals surface area contributed by atoms with Crippen molar-refractivity contribution in [3.8, 4) is 17.2 Å². The van der Waals surface area contributed by atoms with Gasteiger partial charge in [-0.05, 0) is 55.0 Å². The molecule has 0 aliphatic carbocycles. The third-order valence-electron chi connectivity index (χ3n) is 5.42. The number of anilines is 1. The number of carbonyl (C=O) groups excluding carboxylic acids is 2. The smallest absolute Gasteiger partial charge is 0.251 e. The molecule has 3 aromatic carbocycles. The van der Waals surface area contributed by atoms with Gasteiger partial charge in [-0.2, -0.15) is 0 Å². The molecule has 196 valence electrons. The van der Waals surface area contributed by atoms with E-state index in [2.05, 4.69) is 20.8 Å². The van der Waals surface area contributed by atoms with E-state index in [0.717, 1.165) is 11.3 Å². The van der Waals surface area contributed by atoms with Crippen LogP contribution in [-0.4, -0.2) is 46.6 Å². The molecule has 2 amide bonds. The number of nitrogens with zero attached hydrogens (tertiary/aromatic N) is 3. The number of ether oxygens (including phenoxy) is 2. The Morgan fingerprint density at radius 1 is 0.974 bits per heavy atom. The Balaban J connectivity index is 1.52. The van der Waals surface area contributed by atoms with Gasteiger partial charge >= 0.3 is 0 Å². The zero-order valence-corrected chi connectivity index (χ0v) is 22.6. The van der Waals surface area contributed by atoms with Gasteiger partial charge in [-0.15, -0.1) is 10.2 Å². The number of aromatic nitrogens is 3. The number of aryl methyl sites for hydroxylation is 1. The number of rotatable bonds is 10. The van der Waals surface area contributed by atoms with Crippen molar-refractivity contribution in [2.75, 3.05) is 25.3 Å². The molecule has 0 spiro atoms. The minimum atomic E-state index is -0.338. The number of halogens is 1. The highest BCUT2D eigenvalue weighted by Gasteiger charge is 2.18. The molecule has 4 aromatic rings. The summed E-state index contributed by atoms with van der Waals surface area (Å²) in [4.78, 5) is 25.5. The van der Waals surface area contributed by atoms with Crippen molar-refractivity contribution >= 4 is 40.9 Å². The summed E-state index contributed by atoms with van der Waals surface area (Å²) in [6.07, 6.45) is 0. The zero-order chi connectivity index (χ0) is 27.1. The van der Waals surface area contributed by atoms with Crippen LogP contribution in [-0.2, 0) is 11.3 Å². The third kappa shape index (κ3) is 6.84. The first kappa shape index (κ1) is 27.0. The fraction of sp³-hybridized carbons (Fsp3) is 0.185. The topological polar surface area (TPSA) is 107 Å². The highest BCUT2D eigenvalue weighted by molar-refractivity contribution is 7.99. The summed E-state index contributed by atoms with van der Waals surface area (Å²) in [5.74, 6) is 1.07. The quantitative estimate of drug-likeness (QED) is 0.270. The minimum Gasteiger partial charge on any atom is -0.497 e. The molecule has 0 radical (unpaired) electrons. The predicted molar refractivity (Wildman–Crippen MR) is 148 cm³/mol. The van der Waals surface area contributed by atoms with E-state index >= 15 is 0 Å². The number of carbonyl (C=O) groups is 2. The average molecular weight is 552 g/mol. The zero-order valence-electron chi connectivity index (χ0n) is 21.0. The van der Waals surface area contributed by atoms with Gasteiger partial charge in [0.15, 0.2) is 11.0 Å². The Morgan fingerprint density at radius 3 is 2.39 bits per heavy atom. The van der Waals surface area contributed by atoms with Gasteiger partial charge in [0.05, 0.1) is 32.2 Å². The Labute approximate surface area is 229 Å². The van der Waals surface area contributed by atoms with Gasteiger partial charge in [-0.25, -0.2) is 0 Å². The van der Waals surface area contributed by atoms with E-state index in [0.29, 0.717) is 38.8 Å². The van der Waals surface area contributed by atoms with Crippen molar-refractivity contribution in [2.45, 2.75) is 18.6 Å². The Hall–Kier alpha value is -4.02. The van der Waals surface area contributed by atoms with Crippen LogP contribution in [0, 0.1) is 6.92 Å². The van der Waals surface area contributed by atoms with Gasteiger partial charge in [0.1, 0.15) is 11.5 Å². The molecule has 0 atom stereocenters. The number of hydrogen-bond donors (Lipinski definition) is 2. The lowest BCUT2D eigenvalue weighted by Gasteiger charge is -2.12. The largest absolute Gasteiger partial charge is 0.497 e. The summed E-state index contributed by atoms with van der Waals surface area (Å²) < 4.78 is 12.3. The van der Waals surface area contributed by atoms with Gasteiger partial charge in [0, 0.05) is 22.3 Å². The first-order valence-corrected chi connectivity index (χ1v) is 12.9. The van der Waals surface area contributed by atoms with Gasteiger partial charge < -0.3 is 20.1 Å². The molecule has 4 rings (SSSR count). The average Bonchev–Trinajstić information content (AvgIpc) is 3.33. The van der Waals surface area contributed by atoms with Gasteiger partial charge in [-0.1, -0.05) is 41.6 Å². The number of amides is 2. The molecule has 11 heteroatoms. The van der Waals surface area contributed by atoms with Crippen molar-refractivity contribution in [3.63, 3.8) is 0 Å². The van der Waals surface area contributed by atoms with Gasteiger partial charge in [0.2, 0.25) is 5.91 Å². The molecule has 2 N–H and O–H groups in total. The Kier molecular flexibility index (Phi) is 8.88. The number of thioether (sulfide) groups is 1. The molecule has 0 saturated heterocycles. The molecule has 38 heavy (non-hydrogen) atoms. The molecule has 0 aliphatic heterocycles. The number of nitrogens with one attached hydrogen (secondary N) is 2. The molecule has 0 saturated carbocycles. The van der Waals surface area contributed by atoms with Crippen LogP contribution >= 0.6 is 23.4 Å². The van der Waals surface area contributed by atoms with Crippen molar-refractivity contribution in [1.29, 1.82) is 0 Å². The molecule has 0 aliphatic rings. The second kappa shape index (κ2) is 12.5.